The van der Waals surface area contributed by atoms with Crippen LogP contribution in [0.1, 0.15) is 20.7 Å². The maximum atomic E-state index is 12.2. The molecule has 2 aromatic rings. The molecule has 3 rings (SSSR count). The predicted octanol–water partition coefficient (Wildman–Crippen LogP) is 2.04. The van der Waals surface area contributed by atoms with Gasteiger partial charge in [0.25, 0.3) is 5.91 Å². The summed E-state index contributed by atoms with van der Waals surface area (Å²) in [5, 5.41) is 2.79. The van der Waals surface area contributed by atoms with E-state index in [9.17, 15) is 9.59 Å². The Balaban J connectivity index is 1.59. The molecule has 6 nitrogen and oxygen atoms in total. The van der Waals surface area contributed by atoms with Crippen molar-refractivity contribution < 1.29 is 23.8 Å². The summed E-state index contributed by atoms with van der Waals surface area (Å²) in [6.07, 6.45) is -0.271. The number of ether oxygens (including phenoxy) is 3. The van der Waals surface area contributed by atoms with E-state index in [1.54, 1.807) is 18.2 Å². The van der Waals surface area contributed by atoms with Crippen LogP contribution in [0.3, 0.4) is 0 Å². The summed E-state index contributed by atoms with van der Waals surface area (Å²) < 4.78 is 16.0. The summed E-state index contributed by atoms with van der Waals surface area (Å²) in [6, 6.07) is 13.8. The second-order valence-corrected chi connectivity index (χ2v) is 5.28. The number of para-hydroxylation sites is 2. The Morgan fingerprint density at radius 2 is 1.88 bits per heavy atom. The molecule has 1 N–H and O–H groups in total. The first-order valence-corrected chi connectivity index (χ1v) is 7.52. The van der Waals surface area contributed by atoms with E-state index in [4.69, 9.17) is 9.47 Å². The van der Waals surface area contributed by atoms with Crippen molar-refractivity contribution in [3.63, 3.8) is 0 Å². The smallest absolute Gasteiger partial charge is 0.337 e. The molecule has 0 saturated heterocycles. The van der Waals surface area contributed by atoms with Gasteiger partial charge in [0.15, 0.2) is 11.5 Å². The Bertz CT molecular complexity index is 759. The lowest BCUT2D eigenvalue weighted by molar-refractivity contribution is 0.0600. The van der Waals surface area contributed by atoms with Gasteiger partial charge in [0.1, 0.15) is 12.7 Å². The van der Waals surface area contributed by atoms with Gasteiger partial charge < -0.3 is 19.5 Å². The fourth-order valence-electron chi connectivity index (χ4n) is 2.38. The molecular formula is C18H17NO5. The molecule has 1 aliphatic rings. The van der Waals surface area contributed by atoms with Crippen LogP contribution in [0.25, 0.3) is 0 Å². The quantitative estimate of drug-likeness (QED) is 0.870. The van der Waals surface area contributed by atoms with Crippen LogP contribution in [0, 0.1) is 0 Å². The third kappa shape index (κ3) is 3.48. The van der Waals surface area contributed by atoms with Gasteiger partial charge in [-0.3, -0.25) is 4.79 Å². The van der Waals surface area contributed by atoms with E-state index in [1.807, 2.05) is 24.3 Å². The molecule has 2 aromatic carbocycles. The lowest BCUT2D eigenvalue weighted by atomic mass is 10.1. The lowest BCUT2D eigenvalue weighted by Crippen LogP contribution is -2.40. The Morgan fingerprint density at radius 3 is 2.67 bits per heavy atom. The van der Waals surface area contributed by atoms with Crippen molar-refractivity contribution >= 4 is 11.9 Å². The van der Waals surface area contributed by atoms with Crippen molar-refractivity contribution in [2.45, 2.75) is 6.10 Å². The summed E-state index contributed by atoms with van der Waals surface area (Å²) in [5.74, 6) is 0.593. The summed E-state index contributed by atoms with van der Waals surface area (Å²) in [4.78, 5) is 23.8. The molecule has 0 bridgehead atoms. The van der Waals surface area contributed by atoms with E-state index in [0.717, 1.165) is 0 Å². The number of methoxy groups -OCH3 is 1. The first-order valence-electron chi connectivity index (χ1n) is 7.52. The van der Waals surface area contributed by atoms with Crippen LogP contribution in [0.15, 0.2) is 48.5 Å². The minimum atomic E-state index is -0.481. The molecule has 1 heterocycles. The largest absolute Gasteiger partial charge is 0.486 e. The van der Waals surface area contributed by atoms with E-state index >= 15 is 0 Å². The Kier molecular flexibility index (Phi) is 4.65. The van der Waals surface area contributed by atoms with Gasteiger partial charge in [0, 0.05) is 5.56 Å². The Labute approximate surface area is 139 Å². The highest BCUT2D eigenvalue weighted by molar-refractivity contribution is 5.97. The van der Waals surface area contributed by atoms with Gasteiger partial charge in [0.05, 0.1) is 19.2 Å². The van der Waals surface area contributed by atoms with E-state index in [2.05, 4.69) is 10.1 Å². The first kappa shape index (κ1) is 15.9. The molecule has 0 fully saturated rings. The summed E-state index contributed by atoms with van der Waals surface area (Å²) in [5.41, 5.74) is 0.714. The maximum Gasteiger partial charge on any atom is 0.337 e. The van der Waals surface area contributed by atoms with Crippen molar-refractivity contribution in [2.24, 2.45) is 0 Å². The van der Waals surface area contributed by atoms with Gasteiger partial charge in [0.2, 0.25) is 0 Å². The van der Waals surface area contributed by atoms with Crippen molar-refractivity contribution in [1.82, 2.24) is 5.32 Å². The molecular weight excluding hydrogens is 310 g/mol. The average molecular weight is 327 g/mol. The minimum Gasteiger partial charge on any atom is -0.486 e. The summed E-state index contributed by atoms with van der Waals surface area (Å²) >= 11 is 0. The SMILES string of the molecule is COC(=O)c1cccc(C(=O)NC[C@H]2COc3ccccc3O2)c1. The highest BCUT2D eigenvalue weighted by atomic mass is 16.6. The van der Waals surface area contributed by atoms with E-state index in [0.29, 0.717) is 35.8 Å². The molecule has 0 saturated carbocycles. The zero-order valence-electron chi connectivity index (χ0n) is 13.2. The number of amides is 1. The number of carbonyl (C=O) groups is 2. The number of hydrogen-bond donors (Lipinski definition) is 1. The standard InChI is InChI=1S/C18H17NO5/c1-22-18(21)13-6-4-5-12(9-13)17(20)19-10-14-11-23-15-7-2-3-8-16(15)24-14/h2-9,14H,10-11H2,1H3,(H,19,20)/t14-/m0/s1. The van der Waals surface area contributed by atoms with Gasteiger partial charge in [-0.2, -0.15) is 0 Å². The Hall–Kier alpha value is -3.02. The number of rotatable bonds is 4. The van der Waals surface area contributed by atoms with Crippen molar-refractivity contribution in [2.75, 3.05) is 20.3 Å². The average Bonchev–Trinajstić information content (AvgIpc) is 2.65. The van der Waals surface area contributed by atoms with Crippen molar-refractivity contribution in [1.29, 1.82) is 0 Å². The second kappa shape index (κ2) is 7.04. The molecule has 24 heavy (non-hydrogen) atoms. The van der Waals surface area contributed by atoms with Gasteiger partial charge >= 0.3 is 5.97 Å². The molecule has 6 heteroatoms. The molecule has 0 aromatic heterocycles. The molecule has 0 unspecified atom stereocenters. The van der Waals surface area contributed by atoms with Crippen LogP contribution >= 0.6 is 0 Å². The summed E-state index contributed by atoms with van der Waals surface area (Å²) in [7, 11) is 1.30. The normalized spacial score (nSPS) is 15.5. The minimum absolute atomic E-state index is 0.271. The van der Waals surface area contributed by atoms with Crippen LogP contribution in [0.5, 0.6) is 11.5 Å². The number of esters is 1. The molecule has 0 aliphatic carbocycles. The van der Waals surface area contributed by atoms with Crippen LogP contribution < -0.4 is 14.8 Å². The van der Waals surface area contributed by atoms with Gasteiger partial charge in [-0.15, -0.1) is 0 Å². The topological polar surface area (TPSA) is 73.9 Å². The molecule has 124 valence electrons. The highest BCUT2D eigenvalue weighted by Gasteiger charge is 2.21. The number of nitrogens with one attached hydrogen (secondary N) is 1. The predicted molar refractivity (Wildman–Crippen MR) is 86.5 cm³/mol. The Morgan fingerprint density at radius 1 is 1.12 bits per heavy atom. The van der Waals surface area contributed by atoms with Crippen LogP contribution in [-0.2, 0) is 4.74 Å². The van der Waals surface area contributed by atoms with Crippen LogP contribution in [-0.4, -0.2) is 38.2 Å². The fraction of sp³-hybridized carbons (Fsp3) is 0.222. The van der Waals surface area contributed by atoms with E-state index in [1.165, 1.54) is 13.2 Å². The second-order valence-electron chi connectivity index (χ2n) is 5.28. The highest BCUT2D eigenvalue weighted by Crippen LogP contribution is 2.30. The third-order valence-corrected chi connectivity index (χ3v) is 3.60. The van der Waals surface area contributed by atoms with Crippen LogP contribution in [0.2, 0.25) is 0 Å². The monoisotopic (exact) mass is 327 g/mol. The fourth-order valence-corrected chi connectivity index (χ4v) is 2.38. The zero-order valence-corrected chi connectivity index (χ0v) is 13.2. The number of carbonyl (C=O) groups excluding carboxylic acids is 2. The number of benzene rings is 2. The first-order chi connectivity index (χ1) is 11.7. The zero-order chi connectivity index (χ0) is 16.9. The molecule has 1 amide bonds. The number of hydrogen-bond acceptors (Lipinski definition) is 5. The van der Waals surface area contributed by atoms with E-state index in [-0.39, 0.29) is 12.0 Å². The van der Waals surface area contributed by atoms with Gasteiger partial charge in [-0.1, -0.05) is 18.2 Å². The third-order valence-electron chi connectivity index (χ3n) is 3.60. The van der Waals surface area contributed by atoms with E-state index < -0.39 is 5.97 Å². The number of fused-ring (bicyclic) bond motifs is 1. The van der Waals surface area contributed by atoms with Gasteiger partial charge in [-0.05, 0) is 30.3 Å². The molecule has 0 spiro atoms. The van der Waals surface area contributed by atoms with Crippen LogP contribution in [0.4, 0.5) is 0 Å². The summed E-state index contributed by atoms with van der Waals surface area (Å²) in [6.45, 7) is 0.662. The lowest BCUT2D eigenvalue weighted by Gasteiger charge is -2.26. The maximum absolute atomic E-state index is 12.2. The molecule has 1 atom stereocenters. The molecule has 1 aliphatic heterocycles. The van der Waals surface area contributed by atoms with Crippen molar-refractivity contribution in [3.8, 4) is 11.5 Å². The van der Waals surface area contributed by atoms with Crippen molar-refractivity contribution in [3.05, 3.63) is 59.7 Å². The molecule has 0 radical (unpaired) electrons. The van der Waals surface area contributed by atoms with Gasteiger partial charge in [-0.25, -0.2) is 4.79 Å².